The van der Waals surface area contributed by atoms with Gasteiger partial charge in [-0.1, -0.05) is 18.1 Å². The maximum Gasteiger partial charge on any atom is 0.204 e. The van der Waals surface area contributed by atoms with E-state index in [2.05, 4.69) is 20.8 Å². The molecule has 1 aromatic carbocycles. The van der Waals surface area contributed by atoms with Crippen LogP contribution in [-0.4, -0.2) is 26.3 Å². The SMILES string of the molecule is CC#CSNc1cccc(-c2csc3c(=O)cc(N4CCOCC4)oc23)c1. The molecule has 0 aliphatic carbocycles. The highest BCUT2D eigenvalue weighted by molar-refractivity contribution is 8.05. The predicted molar refractivity (Wildman–Crippen MR) is 113 cm³/mol. The Balaban J connectivity index is 1.73. The molecule has 1 saturated heterocycles. The molecule has 138 valence electrons. The monoisotopic (exact) mass is 398 g/mol. The summed E-state index contributed by atoms with van der Waals surface area (Å²) in [6.07, 6.45) is 0. The maximum absolute atomic E-state index is 12.6. The van der Waals surface area contributed by atoms with Crippen molar-refractivity contribution in [3.05, 3.63) is 45.9 Å². The van der Waals surface area contributed by atoms with E-state index in [0.29, 0.717) is 29.4 Å². The van der Waals surface area contributed by atoms with E-state index in [1.54, 1.807) is 13.0 Å². The highest BCUT2D eigenvalue weighted by Gasteiger charge is 2.18. The van der Waals surface area contributed by atoms with Gasteiger partial charge in [0.1, 0.15) is 4.70 Å². The molecule has 3 heterocycles. The molecule has 4 rings (SSSR count). The molecule has 1 fully saturated rings. The van der Waals surface area contributed by atoms with Crippen LogP contribution in [0.2, 0.25) is 0 Å². The lowest BCUT2D eigenvalue weighted by Crippen LogP contribution is -2.36. The maximum atomic E-state index is 12.6. The average molecular weight is 399 g/mol. The van der Waals surface area contributed by atoms with Crippen LogP contribution in [0.5, 0.6) is 0 Å². The van der Waals surface area contributed by atoms with E-state index < -0.39 is 0 Å². The standard InChI is InChI=1S/C20H18N2O3S2/c1-2-10-27-21-15-5-3-4-14(11-15)16-13-26-20-17(23)12-18(25-19(16)20)22-6-8-24-9-7-22/h3-5,11-13,21H,6-9H2,1H3. The van der Waals surface area contributed by atoms with Gasteiger partial charge in [0.15, 0.2) is 11.5 Å². The molecule has 0 radical (unpaired) electrons. The first-order chi connectivity index (χ1) is 13.3. The Morgan fingerprint density at radius 2 is 2.11 bits per heavy atom. The molecule has 1 N–H and O–H groups in total. The summed E-state index contributed by atoms with van der Waals surface area (Å²) >= 11 is 2.76. The molecule has 3 aromatic rings. The number of nitrogens with one attached hydrogen (secondary N) is 1. The summed E-state index contributed by atoms with van der Waals surface area (Å²) in [5.41, 5.74) is 3.52. The van der Waals surface area contributed by atoms with E-state index in [1.165, 1.54) is 23.3 Å². The summed E-state index contributed by atoms with van der Waals surface area (Å²) < 4.78 is 15.4. The number of hydrogen-bond acceptors (Lipinski definition) is 7. The van der Waals surface area contributed by atoms with Crippen LogP contribution in [-0.2, 0) is 4.74 Å². The first-order valence-corrected chi connectivity index (χ1v) is 10.3. The van der Waals surface area contributed by atoms with Gasteiger partial charge in [-0.25, -0.2) is 0 Å². The zero-order valence-corrected chi connectivity index (χ0v) is 16.4. The van der Waals surface area contributed by atoms with Crippen molar-refractivity contribution in [1.29, 1.82) is 0 Å². The second-order valence-electron chi connectivity index (χ2n) is 5.99. The lowest BCUT2D eigenvalue weighted by atomic mass is 10.1. The van der Waals surface area contributed by atoms with Gasteiger partial charge in [-0.3, -0.25) is 4.79 Å². The number of nitrogens with zero attached hydrogens (tertiary/aromatic N) is 1. The van der Waals surface area contributed by atoms with Crippen LogP contribution in [0.3, 0.4) is 0 Å². The fourth-order valence-electron chi connectivity index (χ4n) is 2.95. The normalized spacial score (nSPS) is 14.0. The van der Waals surface area contributed by atoms with Gasteiger partial charge in [-0.15, -0.1) is 11.3 Å². The molecule has 27 heavy (non-hydrogen) atoms. The van der Waals surface area contributed by atoms with Crippen LogP contribution < -0.4 is 15.1 Å². The molecular formula is C20H18N2O3S2. The Hall–Kier alpha value is -2.40. The minimum Gasteiger partial charge on any atom is -0.439 e. The molecular weight excluding hydrogens is 380 g/mol. The van der Waals surface area contributed by atoms with Gasteiger partial charge in [0.05, 0.1) is 13.2 Å². The van der Waals surface area contributed by atoms with Crippen molar-refractivity contribution >= 4 is 45.1 Å². The molecule has 2 aromatic heterocycles. The number of morpholine rings is 1. The van der Waals surface area contributed by atoms with Crippen molar-refractivity contribution in [2.75, 3.05) is 35.9 Å². The zero-order valence-electron chi connectivity index (χ0n) is 14.8. The van der Waals surface area contributed by atoms with E-state index in [-0.39, 0.29) is 5.43 Å². The van der Waals surface area contributed by atoms with Gasteiger partial charge < -0.3 is 18.8 Å². The van der Waals surface area contributed by atoms with Crippen molar-refractivity contribution in [3.63, 3.8) is 0 Å². The van der Waals surface area contributed by atoms with Gasteiger partial charge in [0, 0.05) is 47.7 Å². The molecule has 1 aliphatic rings. The Labute approximate surface area is 165 Å². The van der Waals surface area contributed by atoms with E-state index in [0.717, 1.165) is 29.9 Å². The fraction of sp³-hybridized carbons (Fsp3) is 0.250. The summed E-state index contributed by atoms with van der Waals surface area (Å²) in [5, 5.41) is 4.90. The molecule has 0 saturated carbocycles. The average Bonchev–Trinajstić information content (AvgIpc) is 3.14. The van der Waals surface area contributed by atoms with Gasteiger partial charge >= 0.3 is 0 Å². The van der Waals surface area contributed by atoms with E-state index in [1.807, 2.05) is 29.6 Å². The van der Waals surface area contributed by atoms with Gasteiger partial charge in [0.2, 0.25) is 5.43 Å². The predicted octanol–water partition coefficient (Wildman–Crippen LogP) is 4.40. The third kappa shape index (κ3) is 3.83. The molecule has 5 nitrogen and oxygen atoms in total. The second-order valence-corrected chi connectivity index (χ2v) is 7.48. The van der Waals surface area contributed by atoms with Gasteiger partial charge in [0.25, 0.3) is 0 Å². The highest BCUT2D eigenvalue weighted by Crippen LogP contribution is 2.35. The largest absolute Gasteiger partial charge is 0.439 e. The molecule has 7 heteroatoms. The lowest BCUT2D eigenvalue weighted by molar-refractivity contribution is 0.121. The summed E-state index contributed by atoms with van der Waals surface area (Å²) in [6, 6.07) is 9.60. The van der Waals surface area contributed by atoms with Crippen molar-refractivity contribution in [2.24, 2.45) is 0 Å². The Bertz CT molecular complexity index is 1070. The van der Waals surface area contributed by atoms with Crippen LogP contribution in [0.25, 0.3) is 21.4 Å². The van der Waals surface area contributed by atoms with Crippen molar-refractivity contribution in [3.8, 4) is 22.3 Å². The van der Waals surface area contributed by atoms with Crippen LogP contribution in [0.15, 0.2) is 44.9 Å². The van der Waals surface area contributed by atoms with Gasteiger partial charge in [-0.05, 0) is 29.9 Å². The van der Waals surface area contributed by atoms with Crippen molar-refractivity contribution in [2.45, 2.75) is 6.92 Å². The zero-order chi connectivity index (χ0) is 18.6. The minimum atomic E-state index is -0.00273. The van der Waals surface area contributed by atoms with Crippen LogP contribution in [0.4, 0.5) is 11.6 Å². The lowest BCUT2D eigenvalue weighted by Gasteiger charge is -2.27. The smallest absolute Gasteiger partial charge is 0.204 e. The third-order valence-electron chi connectivity index (χ3n) is 4.25. The van der Waals surface area contributed by atoms with Crippen LogP contribution in [0.1, 0.15) is 6.92 Å². The fourth-order valence-corrected chi connectivity index (χ4v) is 4.27. The van der Waals surface area contributed by atoms with Crippen LogP contribution >= 0.6 is 23.3 Å². The molecule has 0 spiro atoms. The molecule has 0 atom stereocenters. The minimum absolute atomic E-state index is 0.00273. The molecule has 0 unspecified atom stereocenters. The quantitative estimate of drug-likeness (QED) is 0.519. The Kier molecular flexibility index (Phi) is 5.39. The van der Waals surface area contributed by atoms with Crippen molar-refractivity contribution in [1.82, 2.24) is 0 Å². The van der Waals surface area contributed by atoms with E-state index >= 15 is 0 Å². The molecule has 1 aliphatic heterocycles. The summed E-state index contributed by atoms with van der Waals surface area (Å²) in [5.74, 6) is 3.45. The number of anilines is 2. The van der Waals surface area contributed by atoms with E-state index in [4.69, 9.17) is 9.15 Å². The second kappa shape index (κ2) is 8.09. The molecule has 0 amide bonds. The summed E-state index contributed by atoms with van der Waals surface area (Å²) in [4.78, 5) is 14.6. The highest BCUT2D eigenvalue weighted by atomic mass is 32.2. The van der Waals surface area contributed by atoms with E-state index in [9.17, 15) is 4.79 Å². The third-order valence-corrected chi connectivity index (χ3v) is 5.87. The number of ether oxygens (including phenoxy) is 1. The number of benzene rings is 1. The van der Waals surface area contributed by atoms with Crippen LogP contribution in [0, 0.1) is 11.2 Å². The van der Waals surface area contributed by atoms with Crippen molar-refractivity contribution < 1.29 is 9.15 Å². The number of thiophene rings is 1. The molecule has 0 bridgehead atoms. The topological polar surface area (TPSA) is 54.7 Å². The first kappa shape index (κ1) is 18.0. The number of rotatable bonds is 4. The number of hydrogen-bond donors (Lipinski definition) is 1. The Morgan fingerprint density at radius 3 is 2.93 bits per heavy atom. The first-order valence-electron chi connectivity index (χ1n) is 8.58. The van der Waals surface area contributed by atoms with Gasteiger partial charge in [-0.2, -0.15) is 0 Å². The Morgan fingerprint density at radius 1 is 1.26 bits per heavy atom. The summed E-state index contributed by atoms with van der Waals surface area (Å²) in [6.45, 7) is 4.54. The summed E-state index contributed by atoms with van der Waals surface area (Å²) in [7, 11) is 0. The number of fused-ring (bicyclic) bond motifs is 1.